The summed E-state index contributed by atoms with van der Waals surface area (Å²) in [4.78, 5) is 3.66. The van der Waals surface area contributed by atoms with Gasteiger partial charge in [0.1, 0.15) is 0 Å². The summed E-state index contributed by atoms with van der Waals surface area (Å²) >= 11 is 0. The van der Waals surface area contributed by atoms with E-state index in [2.05, 4.69) is 31.7 Å². The molecule has 0 aliphatic carbocycles. The molecule has 0 heterocycles. The van der Waals surface area contributed by atoms with Crippen LogP contribution in [0.25, 0.3) is 4.85 Å². The summed E-state index contributed by atoms with van der Waals surface area (Å²) in [6.07, 6.45) is 5.18. The van der Waals surface area contributed by atoms with E-state index in [1.807, 2.05) is 6.92 Å². The van der Waals surface area contributed by atoms with Gasteiger partial charge in [-0.1, -0.05) is 18.6 Å². The highest BCUT2D eigenvalue weighted by atomic mass is 14.8. The van der Waals surface area contributed by atoms with Gasteiger partial charge in [-0.2, -0.15) is 0 Å². The van der Waals surface area contributed by atoms with Crippen LogP contribution in [0.15, 0.2) is 11.6 Å². The molecule has 0 amide bonds. The lowest BCUT2D eigenvalue weighted by molar-refractivity contribution is 0.495. The van der Waals surface area contributed by atoms with Gasteiger partial charge in [-0.3, -0.25) is 0 Å². The van der Waals surface area contributed by atoms with Crippen molar-refractivity contribution in [2.75, 3.05) is 0 Å². The average Bonchev–Trinajstić information content (AvgIpc) is 2.03. The average molecular weight is 165 g/mol. The van der Waals surface area contributed by atoms with E-state index in [1.54, 1.807) is 0 Å². The molecular weight excluding hydrogens is 146 g/mol. The summed E-state index contributed by atoms with van der Waals surface area (Å²) < 4.78 is 0. The van der Waals surface area contributed by atoms with E-state index in [9.17, 15) is 0 Å². The first-order valence-electron chi connectivity index (χ1n) is 4.56. The summed E-state index contributed by atoms with van der Waals surface area (Å²) in [6.45, 7) is 15.4. The van der Waals surface area contributed by atoms with E-state index in [1.165, 1.54) is 5.57 Å². The summed E-state index contributed by atoms with van der Waals surface area (Å²) in [5.41, 5.74) is 1.21. The number of rotatable bonds is 4. The minimum Gasteiger partial charge on any atom is -0.311 e. The van der Waals surface area contributed by atoms with Crippen LogP contribution in [-0.4, -0.2) is 5.54 Å². The molecule has 0 fully saturated rings. The zero-order chi connectivity index (χ0) is 9.61. The molecule has 0 aromatic heterocycles. The monoisotopic (exact) mass is 165 g/mol. The Morgan fingerprint density at radius 1 is 1.50 bits per heavy atom. The summed E-state index contributed by atoms with van der Waals surface area (Å²) in [6, 6.07) is 0. The van der Waals surface area contributed by atoms with Gasteiger partial charge in [0.2, 0.25) is 5.54 Å². The highest BCUT2D eigenvalue weighted by Gasteiger charge is 2.25. The van der Waals surface area contributed by atoms with Crippen LogP contribution in [0.4, 0.5) is 0 Å². The highest BCUT2D eigenvalue weighted by Crippen LogP contribution is 2.21. The third kappa shape index (κ3) is 4.18. The fraction of sp³-hybridized carbons (Fsp3) is 0.727. The first-order chi connectivity index (χ1) is 5.54. The molecule has 1 heteroatoms. The molecule has 0 saturated carbocycles. The van der Waals surface area contributed by atoms with E-state index in [-0.39, 0.29) is 5.54 Å². The van der Waals surface area contributed by atoms with Crippen LogP contribution in [0.1, 0.15) is 47.0 Å². The van der Waals surface area contributed by atoms with Gasteiger partial charge >= 0.3 is 0 Å². The number of hydrogen-bond donors (Lipinski definition) is 0. The normalized spacial score (nSPS) is 14.6. The first-order valence-corrected chi connectivity index (χ1v) is 4.56. The fourth-order valence-corrected chi connectivity index (χ4v) is 0.984. The molecule has 0 aromatic carbocycles. The van der Waals surface area contributed by atoms with Crippen molar-refractivity contribution in [3.8, 4) is 0 Å². The van der Waals surface area contributed by atoms with Gasteiger partial charge in [0.05, 0.1) is 0 Å². The summed E-state index contributed by atoms with van der Waals surface area (Å²) in [5.74, 6) is 0. The van der Waals surface area contributed by atoms with Gasteiger partial charge in [0.25, 0.3) is 0 Å². The first kappa shape index (κ1) is 11.2. The van der Waals surface area contributed by atoms with E-state index < -0.39 is 0 Å². The fourth-order valence-electron chi connectivity index (χ4n) is 0.984. The van der Waals surface area contributed by atoms with Crippen LogP contribution in [0.2, 0.25) is 0 Å². The van der Waals surface area contributed by atoms with E-state index in [0.29, 0.717) is 0 Å². The Labute approximate surface area is 76.3 Å². The standard InChI is InChI=1S/C11H19N/c1-6-11(4,12-5)9-7-8-10(2)3/h8H,6-7,9H2,1-4H3. The second-order valence-corrected chi connectivity index (χ2v) is 3.78. The number of allylic oxidation sites excluding steroid dienone is 2. The molecule has 12 heavy (non-hydrogen) atoms. The van der Waals surface area contributed by atoms with Crippen LogP contribution in [-0.2, 0) is 0 Å². The zero-order valence-electron chi connectivity index (χ0n) is 8.65. The zero-order valence-corrected chi connectivity index (χ0v) is 8.65. The van der Waals surface area contributed by atoms with Gasteiger partial charge in [0, 0.05) is 19.8 Å². The number of hydrogen-bond acceptors (Lipinski definition) is 0. The maximum absolute atomic E-state index is 7.05. The van der Waals surface area contributed by atoms with Crippen LogP contribution < -0.4 is 0 Å². The second kappa shape index (κ2) is 4.98. The molecule has 0 bridgehead atoms. The van der Waals surface area contributed by atoms with Gasteiger partial charge in [0.15, 0.2) is 0 Å². The predicted octanol–water partition coefficient (Wildman–Crippen LogP) is 3.82. The molecule has 0 aliphatic heterocycles. The van der Waals surface area contributed by atoms with Gasteiger partial charge in [-0.15, -0.1) is 0 Å². The van der Waals surface area contributed by atoms with Crippen LogP contribution in [0, 0.1) is 6.57 Å². The molecular formula is C11H19N. The van der Waals surface area contributed by atoms with Crippen molar-refractivity contribution in [3.63, 3.8) is 0 Å². The Balaban J connectivity index is 3.92. The lowest BCUT2D eigenvalue weighted by Gasteiger charge is -2.13. The van der Waals surface area contributed by atoms with Crippen molar-refractivity contribution in [1.29, 1.82) is 0 Å². The largest absolute Gasteiger partial charge is 0.311 e. The smallest absolute Gasteiger partial charge is 0.229 e. The Morgan fingerprint density at radius 2 is 2.08 bits per heavy atom. The molecule has 0 aliphatic rings. The van der Waals surface area contributed by atoms with E-state index in [4.69, 9.17) is 6.57 Å². The maximum Gasteiger partial charge on any atom is 0.229 e. The van der Waals surface area contributed by atoms with Gasteiger partial charge in [-0.05, 0) is 20.3 Å². The summed E-state index contributed by atoms with van der Waals surface area (Å²) in [7, 11) is 0. The lowest BCUT2D eigenvalue weighted by Crippen LogP contribution is -2.17. The molecule has 1 nitrogen and oxygen atoms in total. The molecule has 0 N–H and O–H groups in total. The van der Waals surface area contributed by atoms with Crippen molar-refractivity contribution in [2.24, 2.45) is 0 Å². The minimum absolute atomic E-state index is 0.133. The second-order valence-electron chi connectivity index (χ2n) is 3.78. The van der Waals surface area contributed by atoms with Gasteiger partial charge in [-0.25, -0.2) is 6.57 Å². The van der Waals surface area contributed by atoms with Crippen molar-refractivity contribution >= 4 is 0 Å². The topological polar surface area (TPSA) is 4.36 Å². The van der Waals surface area contributed by atoms with E-state index in [0.717, 1.165) is 19.3 Å². The molecule has 0 rings (SSSR count). The predicted molar refractivity (Wildman–Crippen MR) is 54.0 cm³/mol. The Kier molecular flexibility index (Phi) is 4.66. The minimum atomic E-state index is -0.133. The van der Waals surface area contributed by atoms with Crippen molar-refractivity contribution in [1.82, 2.24) is 0 Å². The van der Waals surface area contributed by atoms with E-state index >= 15 is 0 Å². The van der Waals surface area contributed by atoms with Crippen molar-refractivity contribution in [3.05, 3.63) is 23.1 Å². The molecule has 1 atom stereocenters. The molecule has 1 unspecified atom stereocenters. The molecule has 0 aromatic rings. The third-order valence-corrected chi connectivity index (χ3v) is 2.27. The number of nitrogens with zero attached hydrogens (tertiary/aromatic N) is 1. The Bertz CT molecular complexity index is 194. The SMILES string of the molecule is [C-]#[N+]C(C)(CC)CCC=C(C)C. The van der Waals surface area contributed by atoms with Crippen LogP contribution in [0.3, 0.4) is 0 Å². The lowest BCUT2D eigenvalue weighted by atomic mass is 9.93. The Hall–Kier alpha value is -0.770. The summed E-state index contributed by atoms with van der Waals surface area (Å²) in [5, 5.41) is 0. The molecule has 0 radical (unpaired) electrons. The maximum atomic E-state index is 7.05. The molecule has 0 saturated heterocycles. The third-order valence-electron chi connectivity index (χ3n) is 2.27. The highest BCUT2D eigenvalue weighted by molar-refractivity contribution is 4.98. The van der Waals surface area contributed by atoms with Crippen LogP contribution in [0.5, 0.6) is 0 Å². The quantitative estimate of drug-likeness (QED) is 0.440. The van der Waals surface area contributed by atoms with Crippen molar-refractivity contribution < 1.29 is 0 Å². The molecule has 0 spiro atoms. The molecule has 68 valence electrons. The Morgan fingerprint density at radius 3 is 2.42 bits per heavy atom. The van der Waals surface area contributed by atoms with Crippen LogP contribution >= 0.6 is 0 Å². The van der Waals surface area contributed by atoms with Gasteiger partial charge < -0.3 is 4.85 Å². The van der Waals surface area contributed by atoms with Crippen molar-refractivity contribution in [2.45, 2.75) is 52.5 Å².